The summed E-state index contributed by atoms with van der Waals surface area (Å²) in [6.07, 6.45) is 3.54. The Kier molecular flexibility index (Phi) is 7.87. The molecule has 2 N–H and O–H groups in total. The van der Waals surface area contributed by atoms with Gasteiger partial charge in [0.25, 0.3) is 5.91 Å². The van der Waals surface area contributed by atoms with E-state index in [1.54, 1.807) is 49.4 Å². The maximum absolute atomic E-state index is 12.5. The van der Waals surface area contributed by atoms with Crippen molar-refractivity contribution in [2.45, 2.75) is 20.3 Å². The lowest BCUT2D eigenvalue weighted by molar-refractivity contribution is -0.112. The molecule has 29 heavy (non-hydrogen) atoms. The molecule has 0 atom stereocenters. The van der Waals surface area contributed by atoms with E-state index in [0.29, 0.717) is 47.9 Å². The van der Waals surface area contributed by atoms with Crippen molar-refractivity contribution < 1.29 is 19.4 Å². The molecule has 2 rings (SSSR count). The molecule has 150 valence electrons. The number of anilines is 1. The van der Waals surface area contributed by atoms with E-state index in [9.17, 15) is 15.2 Å². The Hall–Kier alpha value is -3.72. The molecule has 6 nitrogen and oxygen atoms in total. The van der Waals surface area contributed by atoms with Crippen LogP contribution in [0.3, 0.4) is 0 Å². The fourth-order valence-corrected chi connectivity index (χ4v) is 2.66. The minimum absolute atomic E-state index is 0.0289. The number of carbonyl (C=O) groups is 1. The number of rotatable bonds is 9. The van der Waals surface area contributed by atoms with Crippen LogP contribution in [0.25, 0.3) is 6.08 Å². The van der Waals surface area contributed by atoms with E-state index in [-0.39, 0.29) is 11.3 Å². The van der Waals surface area contributed by atoms with E-state index in [2.05, 4.69) is 11.9 Å². The second-order valence-electron chi connectivity index (χ2n) is 6.03. The molecular weight excluding hydrogens is 368 g/mol. The molecule has 0 unspecified atom stereocenters. The fourth-order valence-electron chi connectivity index (χ4n) is 2.66. The standard InChI is InChI=1S/C23H24N2O4/c1-4-7-17-12-16(14-21(22(17)26)29-6-3)13-18(15-24)23(27)25-19-8-10-20(11-9-19)28-5-2/h4,8-14,26H,1,5-7H2,2-3H3,(H,25,27). The Labute approximate surface area is 170 Å². The molecule has 0 fully saturated rings. The number of benzene rings is 2. The van der Waals surface area contributed by atoms with Crippen LogP contribution in [0.2, 0.25) is 0 Å². The SMILES string of the molecule is C=CCc1cc(C=C(C#N)C(=O)Nc2ccc(OCC)cc2)cc(OCC)c1O. The molecular formula is C23H24N2O4. The summed E-state index contributed by atoms with van der Waals surface area (Å²) in [7, 11) is 0. The average molecular weight is 392 g/mol. The van der Waals surface area contributed by atoms with Crippen LogP contribution < -0.4 is 14.8 Å². The van der Waals surface area contributed by atoms with E-state index in [1.807, 2.05) is 13.0 Å². The third kappa shape index (κ3) is 5.88. The number of phenolic OH excluding ortho intramolecular Hbond substituents is 1. The molecule has 2 aromatic carbocycles. The molecule has 0 aromatic heterocycles. The summed E-state index contributed by atoms with van der Waals surface area (Å²) >= 11 is 0. The third-order valence-electron chi connectivity index (χ3n) is 3.94. The first-order valence-electron chi connectivity index (χ1n) is 9.27. The molecule has 0 aliphatic carbocycles. The molecule has 0 aliphatic heterocycles. The molecule has 0 aliphatic rings. The molecule has 0 spiro atoms. The summed E-state index contributed by atoms with van der Waals surface area (Å²) in [5.41, 5.74) is 1.65. The molecule has 0 saturated carbocycles. The minimum atomic E-state index is -0.534. The molecule has 2 aromatic rings. The molecule has 1 amide bonds. The second kappa shape index (κ2) is 10.6. The van der Waals surface area contributed by atoms with Gasteiger partial charge in [-0.1, -0.05) is 6.08 Å². The number of nitrogens with one attached hydrogen (secondary N) is 1. The minimum Gasteiger partial charge on any atom is -0.504 e. The molecule has 0 heterocycles. The number of ether oxygens (including phenoxy) is 2. The first-order chi connectivity index (χ1) is 14.0. The lowest BCUT2D eigenvalue weighted by atomic mass is 10.0. The van der Waals surface area contributed by atoms with Gasteiger partial charge in [0.2, 0.25) is 0 Å². The van der Waals surface area contributed by atoms with E-state index >= 15 is 0 Å². The van der Waals surface area contributed by atoms with Gasteiger partial charge in [-0.25, -0.2) is 0 Å². The molecule has 6 heteroatoms. The monoisotopic (exact) mass is 392 g/mol. The van der Waals surface area contributed by atoms with Crippen LogP contribution in [0, 0.1) is 11.3 Å². The smallest absolute Gasteiger partial charge is 0.266 e. The van der Waals surface area contributed by atoms with Crippen molar-refractivity contribution in [1.29, 1.82) is 5.26 Å². The van der Waals surface area contributed by atoms with Crippen LogP contribution in [0.4, 0.5) is 5.69 Å². The van der Waals surface area contributed by atoms with E-state index < -0.39 is 5.91 Å². The highest BCUT2D eigenvalue weighted by molar-refractivity contribution is 6.09. The highest BCUT2D eigenvalue weighted by Crippen LogP contribution is 2.33. The number of amides is 1. The van der Waals surface area contributed by atoms with Crippen molar-refractivity contribution in [2.75, 3.05) is 18.5 Å². The van der Waals surface area contributed by atoms with Crippen molar-refractivity contribution in [3.05, 3.63) is 65.8 Å². The number of nitriles is 1. The maximum Gasteiger partial charge on any atom is 0.266 e. The van der Waals surface area contributed by atoms with E-state index in [4.69, 9.17) is 9.47 Å². The summed E-state index contributed by atoms with van der Waals surface area (Å²) in [5.74, 6) is 0.486. The zero-order valence-corrected chi connectivity index (χ0v) is 16.6. The summed E-state index contributed by atoms with van der Waals surface area (Å²) in [6.45, 7) is 8.30. The Bertz CT molecular complexity index is 941. The Morgan fingerprint density at radius 2 is 1.90 bits per heavy atom. The van der Waals surface area contributed by atoms with Crippen LogP contribution in [0.15, 0.2) is 54.6 Å². The number of nitrogens with zero attached hydrogens (tertiary/aromatic N) is 1. The average Bonchev–Trinajstić information content (AvgIpc) is 2.71. The summed E-state index contributed by atoms with van der Waals surface area (Å²) in [6, 6.07) is 12.1. The van der Waals surface area contributed by atoms with Crippen LogP contribution >= 0.6 is 0 Å². The van der Waals surface area contributed by atoms with E-state index in [0.717, 1.165) is 0 Å². The molecule has 0 bridgehead atoms. The molecule has 0 saturated heterocycles. The van der Waals surface area contributed by atoms with Gasteiger partial charge in [0.1, 0.15) is 17.4 Å². The Morgan fingerprint density at radius 3 is 2.48 bits per heavy atom. The van der Waals surface area contributed by atoms with Gasteiger partial charge in [0.05, 0.1) is 13.2 Å². The number of hydrogen-bond acceptors (Lipinski definition) is 5. The second-order valence-corrected chi connectivity index (χ2v) is 6.03. The van der Waals surface area contributed by atoms with Gasteiger partial charge in [0, 0.05) is 11.3 Å². The predicted octanol–water partition coefficient (Wildman–Crippen LogP) is 4.46. The van der Waals surface area contributed by atoms with Gasteiger partial charge in [-0.3, -0.25) is 4.79 Å². The number of aromatic hydroxyl groups is 1. The zero-order valence-electron chi connectivity index (χ0n) is 16.6. The van der Waals surface area contributed by atoms with Gasteiger partial charge in [-0.15, -0.1) is 6.58 Å². The van der Waals surface area contributed by atoms with Crippen molar-refractivity contribution >= 4 is 17.7 Å². The first-order valence-corrected chi connectivity index (χ1v) is 9.27. The summed E-state index contributed by atoms with van der Waals surface area (Å²) in [5, 5.41) is 22.4. The normalized spacial score (nSPS) is 10.7. The zero-order chi connectivity index (χ0) is 21.2. The quantitative estimate of drug-likeness (QED) is 0.373. The lowest BCUT2D eigenvalue weighted by Gasteiger charge is -2.11. The Balaban J connectivity index is 2.28. The van der Waals surface area contributed by atoms with Gasteiger partial charge in [-0.2, -0.15) is 5.26 Å². The fraction of sp³-hybridized carbons (Fsp3) is 0.217. The van der Waals surface area contributed by atoms with Crippen LogP contribution in [0.1, 0.15) is 25.0 Å². The Morgan fingerprint density at radius 1 is 1.21 bits per heavy atom. The third-order valence-corrected chi connectivity index (χ3v) is 3.94. The van der Waals surface area contributed by atoms with Crippen LogP contribution in [-0.4, -0.2) is 24.2 Å². The van der Waals surface area contributed by atoms with Gasteiger partial charge < -0.3 is 19.9 Å². The van der Waals surface area contributed by atoms with Crippen molar-refractivity contribution in [2.24, 2.45) is 0 Å². The summed E-state index contributed by atoms with van der Waals surface area (Å²) in [4.78, 5) is 12.5. The van der Waals surface area contributed by atoms with Crippen LogP contribution in [-0.2, 0) is 11.2 Å². The van der Waals surface area contributed by atoms with Crippen molar-refractivity contribution in [3.8, 4) is 23.3 Å². The van der Waals surface area contributed by atoms with Gasteiger partial charge in [0.15, 0.2) is 11.5 Å². The number of allylic oxidation sites excluding steroid dienone is 1. The van der Waals surface area contributed by atoms with Crippen molar-refractivity contribution in [1.82, 2.24) is 0 Å². The topological polar surface area (TPSA) is 91.6 Å². The van der Waals surface area contributed by atoms with Gasteiger partial charge in [-0.05, 0) is 68.3 Å². The highest BCUT2D eigenvalue weighted by Gasteiger charge is 2.13. The molecule has 0 radical (unpaired) electrons. The van der Waals surface area contributed by atoms with Gasteiger partial charge >= 0.3 is 0 Å². The van der Waals surface area contributed by atoms with Crippen LogP contribution in [0.5, 0.6) is 17.2 Å². The predicted molar refractivity (Wildman–Crippen MR) is 113 cm³/mol. The first kappa shape index (κ1) is 21.6. The highest BCUT2D eigenvalue weighted by atomic mass is 16.5. The number of phenols is 1. The lowest BCUT2D eigenvalue weighted by Crippen LogP contribution is -2.13. The number of carbonyl (C=O) groups excluding carboxylic acids is 1. The summed E-state index contributed by atoms with van der Waals surface area (Å²) < 4.78 is 10.8. The maximum atomic E-state index is 12.5. The largest absolute Gasteiger partial charge is 0.504 e. The van der Waals surface area contributed by atoms with Crippen molar-refractivity contribution in [3.63, 3.8) is 0 Å². The van der Waals surface area contributed by atoms with E-state index in [1.165, 1.54) is 6.08 Å². The number of hydrogen-bond donors (Lipinski definition) is 2.